The summed E-state index contributed by atoms with van der Waals surface area (Å²) in [7, 11) is -3.65. The van der Waals surface area contributed by atoms with Crippen molar-refractivity contribution in [3.8, 4) is 0 Å². The highest BCUT2D eigenvalue weighted by atomic mass is 32.2. The summed E-state index contributed by atoms with van der Waals surface area (Å²) in [5, 5.41) is -0.981. The van der Waals surface area contributed by atoms with Crippen molar-refractivity contribution in [2.24, 2.45) is 11.5 Å². The molecule has 0 fully saturated rings. The smallest absolute Gasteiger partial charge is 0.248 e. The minimum atomic E-state index is -3.65. The number of aromatic nitrogens is 1. The van der Waals surface area contributed by atoms with Crippen molar-refractivity contribution in [1.29, 1.82) is 0 Å². The maximum atomic E-state index is 11.9. The van der Waals surface area contributed by atoms with Crippen LogP contribution in [-0.2, 0) is 10.0 Å². The predicted molar refractivity (Wildman–Crippen MR) is 75.7 cm³/mol. The summed E-state index contributed by atoms with van der Waals surface area (Å²) < 4.78 is 26.2. The fraction of sp³-hybridized carbons (Fsp3) is 0.400. The normalized spacial score (nSPS) is 13.1. The molecule has 8 heteroatoms. The second kappa shape index (κ2) is 5.59. The third-order valence-corrected chi connectivity index (χ3v) is 4.21. The van der Waals surface area contributed by atoms with E-state index in [1.807, 2.05) is 0 Å². The van der Waals surface area contributed by atoms with Gasteiger partial charge in [-0.05, 0) is 19.4 Å². The molecule has 0 amide bonds. The molecule has 18 heavy (non-hydrogen) atoms. The van der Waals surface area contributed by atoms with E-state index in [9.17, 15) is 8.42 Å². The van der Waals surface area contributed by atoms with Crippen molar-refractivity contribution in [1.82, 2.24) is 4.98 Å². The molecule has 1 rings (SSSR count). The van der Waals surface area contributed by atoms with Crippen molar-refractivity contribution in [2.75, 3.05) is 4.72 Å². The molecule has 0 aromatic carbocycles. The van der Waals surface area contributed by atoms with E-state index in [4.69, 9.17) is 23.7 Å². The van der Waals surface area contributed by atoms with Crippen molar-refractivity contribution >= 4 is 32.9 Å². The molecule has 0 spiro atoms. The molecule has 1 aromatic heterocycles. The number of nitrogens with zero attached hydrogens (tertiary/aromatic N) is 1. The number of nitrogens with two attached hydrogens (primary N) is 2. The standard InChI is InChI=1S/C10H16N4O2S2/c1-3-9(11)18(15,16)14-8-4-6(2)13-5-7(8)10(12)17/h4-5,9H,3,11H2,1-2H3,(H2,12,17)(H,13,14). The van der Waals surface area contributed by atoms with E-state index in [0.29, 0.717) is 23.4 Å². The Morgan fingerprint density at radius 2 is 2.22 bits per heavy atom. The number of pyridine rings is 1. The van der Waals surface area contributed by atoms with Gasteiger partial charge in [0.05, 0.1) is 11.3 Å². The van der Waals surface area contributed by atoms with Gasteiger partial charge in [-0.1, -0.05) is 19.1 Å². The number of nitrogens with one attached hydrogen (secondary N) is 1. The van der Waals surface area contributed by atoms with Crippen LogP contribution in [-0.4, -0.2) is 23.8 Å². The summed E-state index contributed by atoms with van der Waals surface area (Å²) in [4.78, 5) is 4.10. The van der Waals surface area contributed by atoms with Crippen LogP contribution in [0.2, 0.25) is 0 Å². The zero-order chi connectivity index (χ0) is 13.9. The van der Waals surface area contributed by atoms with Crippen molar-refractivity contribution in [3.63, 3.8) is 0 Å². The Labute approximate surface area is 112 Å². The third-order valence-electron chi connectivity index (χ3n) is 2.36. The lowest BCUT2D eigenvalue weighted by molar-refractivity contribution is 0.583. The Hall–Kier alpha value is -1.25. The van der Waals surface area contributed by atoms with Gasteiger partial charge in [0.2, 0.25) is 10.0 Å². The first-order valence-electron chi connectivity index (χ1n) is 5.31. The maximum Gasteiger partial charge on any atom is 0.248 e. The van der Waals surface area contributed by atoms with Gasteiger partial charge in [0.25, 0.3) is 0 Å². The van der Waals surface area contributed by atoms with E-state index in [1.165, 1.54) is 6.20 Å². The number of aryl methyl sites for hydroxylation is 1. The van der Waals surface area contributed by atoms with Crippen LogP contribution in [0.1, 0.15) is 24.6 Å². The lowest BCUT2D eigenvalue weighted by Gasteiger charge is -2.15. The first kappa shape index (κ1) is 14.8. The fourth-order valence-electron chi connectivity index (χ4n) is 1.29. The zero-order valence-electron chi connectivity index (χ0n) is 10.2. The van der Waals surface area contributed by atoms with Crippen LogP contribution >= 0.6 is 12.2 Å². The zero-order valence-corrected chi connectivity index (χ0v) is 11.8. The Bertz CT molecular complexity index is 557. The lowest BCUT2D eigenvalue weighted by atomic mass is 10.2. The number of anilines is 1. The molecule has 0 saturated carbocycles. The van der Waals surface area contributed by atoms with Gasteiger partial charge in [-0.2, -0.15) is 0 Å². The number of hydrogen-bond donors (Lipinski definition) is 3. The quantitative estimate of drug-likeness (QED) is 0.679. The van der Waals surface area contributed by atoms with Crippen molar-refractivity contribution in [3.05, 3.63) is 23.5 Å². The van der Waals surface area contributed by atoms with Gasteiger partial charge >= 0.3 is 0 Å². The summed E-state index contributed by atoms with van der Waals surface area (Å²) in [5.41, 5.74) is 12.4. The molecule has 1 heterocycles. The molecule has 0 aliphatic rings. The SMILES string of the molecule is CCC(N)S(=O)(=O)Nc1cc(C)ncc1C(N)=S. The van der Waals surface area contributed by atoms with Crippen LogP contribution in [0.5, 0.6) is 0 Å². The van der Waals surface area contributed by atoms with E-state index < -0.39 is 15.4 Å². The van der Waals surface area contributed by atoms with Crippen LogP contribution in [0.25, 0.3) is 0 Å². The van der Waals surface area contributed by atoms with Crippen molar-refractivity contribution in [2.45, 2.75) is 25.6 Å². The van der Waals surface area contributed by atoms with E-state index in [1.54, 1.807) is 19.9 Å². The van der Waals surface area contributed by atoms with Gasteiger partial charge in [-0.15, -0.1) is 0 Å². The summed E-state index contributed by atoms with van der Waals surface area (Å²) in [6.07, 6.45) is 1.74. The summed E-state index contributed by atoms with van der Waals surface area (Å²) >= 11 is 4.85. The molecule has 1 aromatic rings. The highest BCUT2D eigenvalue weighted by molar-refractivity contribution is 7.93. The van der Waals surface area contributed by atoms with Gasteiger partial charge in [-0.3, -0.25) is 9.71 Å². The predicted octanol–water partition coefficient (Wildman–Crippen LogP) is 0.461. The molecule has 6 nitrogen and oxygen atoms in total. The van der Waals surface area contributed by atoms with E-state index >= 15 is 0 Å². The average Bonchev–Trinajstić information content (AvgIpc) is 2.26. The minimum absolute atomic E-state index is 0.0743. The van der Waals surface area contributed by atoms with Gasteiger partial charge in [0.1, 0.15) is 10.4 Å². The lowest BCUT2D eigenvalue weighted by Crippen LogP contribution is -2.35. The highest BCUT2D eigenvalue weighted by Crippen LogP contribution is 2.18. The molecule has 0 bridgehead atoms. The van der Waals surface area contributed by atoms with E-state index in [-0.39, 0.29) is 4.99 Å². The molecule has 0 aliphatic carbocycles. The first-order chi connectivity index (χ1) is 8.27. The largest absolute Gasteiger partial charge is 0.389 e. The van der Waals surface area contributed by atoms with Crippen molar-refractivity contribution < 1.29 is 8.42 Å². The number of thiocarbonyl (C=S) groups is 1. The minimum Gasteiger partial charge on any atom is -0.389 e. The summed E-state index contributed by atoms with van der Waals surface area (Å²) in [6.45, 7) is 3.43. The van der Waals surface area contributed by atoms with Crippen LogP contribution in [0.4, 0.5) is 5.69 Å². The molecule has 1 unspecified atom stereocenters. The maximum absolute atomic E-state index is 11.9. The molecule has 0 radical (unpaired) electrons. The van der Waals surface area contributed by atoms with Gasteiger partial charge in [0, 0.05) is 11.9 Å². The Kier molecular flexibility index (Phi) is 4.60. The summed E-state index contributed by atoms with van der Waals surface area (Å²) in [6, 6.07) is 1.56. The summed E-state index contributed by atoms with van der Waals surface area (Å²) in [5.74, 6) is 0. The third kappa shape index (κ3) is 3.37. The fourth-order valence-corrected chi connectivity index (χ4v) is 2.52. The molecule has 100 valence electrons. The first-order valence-corrected chi connectivity index (χ1v) is 7.27. The molecule has 0 saturated heterocycles. The number of sulfonamides is 1. The Balaban J connectivity index is 3.18. The highest BCUT2D eigenvalue weighted by Gasteiger charge is 2.21. The van der Waals surface area contributed by atoms with E-state index in [2.05, 4.69) is 9.71 Å². The van der Waals surface area contributed by atoms with Gasteiger partial charge in [0.15, 0.2) is 0 Å². The van der Waals surface area contributed by atoms with E-state index in [0.717, 1.165) is 0 Å². The topological polar surface area (TPSA) is 111 Å². The molecule has 1 atom stereocenters. The molecular formula is C10H16N4O2S2. The molecule has 0 aliphatic heterocycles. The van der Waals surface area contributed by atoms with Crippen LogP contribution in [0.15, 0.2) is 12.3 Å². The second-order valence-electron chi connectivity index (χ2n) is 3.83. The monoisotopic (exact) mass is 288 g/mol. The second-order valence-corrected chi connectivity index (χ2v) is 6.17. The van der Waals surface area contributed by atoms with Gasteiger partial charge < -0.3 is 11.5 Å². The molecule has 5 N–H and O–H groups in total. The average molecular weight is 288 g/mol. The molecular weight excluding hydrogens is 272 g/mol. The Morgan fingerprint density at radius 3 is 2.72 bits per heavy atom. The number of hydrogen-bond acceptors (Lipinski definition) is 5. The van der Waals surface area contributed by atoms with Gasteiger partial charge in [-0.25, -0.2) is 8.42 Å². The van der Waals surface area contributed by atoms with Crippen LogP contribution in [0.3, 0.4) is 0 Å². The van der Waals surface area contributed by atoms with Crippen LogP contribution in [0, 0.1) is 6.92 Å². The number of rotatable bonds is 5. The van der Waals surface area contributed by atoms with Crippen LogP contribution < -0.4 is 16.2 Å². The Morgan fingerprint density at radius 1 is 1.61 bits per heavy atom.